The maximum absolute atomic E-state index is 13.7. The molecule has 184 valence electrons. The van der Waals surface area contributed by atoms with Gasteiger partial charge in [-0.1, -0.05) is 32.0 Å². The first kappa shape index (κ1) is 25.2. The highest BCUT2D eigenvalue weighted by molar-refractivity contribution is 9.10. The van der Waals surface area contributed by atoms with E-state index in [4.69, 9.17) is 9.73 Å². The highest BCUT2D eigenvalue weighted by Gasteiger charge is 2.47. The molecule has 1 unspecified atom stereocenters. The Morgan fingerprint density at radius 3 is 2.60 bits per heavy atom. The van der Waals surface area contributed by atoms with Gasteiger partial charge in [0, 0.05) is 35.0 Å². The Labute approximate surface area is 214 Å². The number of aryl methyl sites for hydroxylation is 1. The van der Waals surface area contributed by atoms with Crippen LogP contribution in [0.1, 0.15) is 57.6 Å². The highest BCUT2D eigenvalue weighted by Crippen LogP contribution is 2.49. The summed E-state index contributed by atoms with van der Waals surface area (Å²) >= 11 is 3.43. The van der Waals surface area contributed by atoms with E-state index in [0.717, 1.165) is 16.8 Å². The molecular formula is C28H31BrN2O4. The second kappa shape index (κ2) is 9.61. The van der Waals surface area contributed by atoms with Gasteiger partial charge >= 0.3 is 0 Å². The second-order valence-electron chi connectivity index (χ2n) is 10.1. The first-order valence-electron chi connectivity index (χ1n) is 11.9. The zero-order chi connectivity index (χ0) is 25.5. The topological polar surface area (TPSA) is 88.0 Å². The average Bonchev–Trinajstić information content (AvgIpc) is 2.76. The number of benzene rings is 2. The van der Waals surface area contributed by atoms with Crippen molar-refractivity contribution in [2.75, 3.05) is 11.9 Å². The van der Waals surface area contributed by atoms with Crippen LogP contribution in [-0.4, -0.2) is 29.1 Å². The van der Waals surface area contributed by atoms with E-state index in [1.165, 1.54) is 0 Å². The van der Waals surface area contributed by atoms with Gasteiger partial charge in [0.05, 0.1) is 17.0 Å². The van der Waals surface area contributed by atoms with Crippen molar-refractivity contribution in [1.29, 1.82) is 0 Å². The minimum Gasteiger partial charge on any atom is -0.503 e. The van der Waals surface area contributed by atoms with E-state index in [2.05, 4.69) is 35.1 Å². The molecule has 0 saturated heterocycles. The van der Waals surface area contributed by atoms with Crippen molar-refractivity contribution in [2.24, 2.45) is 16.3 Å². The number of carbonyl (C=O) groups excluding carboxylic acids is 2. The van der Waals surface area contributed by atoms with Crippen LogP contribution in [0.3, 0.4) is 0 Å². The molecule has 35 heavy (non-hydrogen) atoms. The summed E-state index contributed by atoms with van der Waals surface area (Å²) in [6.07, 6.45) is 1.10. The second-order valence-corrected chi connectivity index (χ2v) is 10.9. The van der Waals surface area contributed by atoms with E-state index in [1.54, 1.807) is 12.1 Å². The number of Topliss-reactive ketones (excluding diaryl/α,β-unsaturated/α-hetero) is 1. The van der Waals surface area contributed by atoms with Gasteiger partial charge in [0.1, 0.15) is 5.78 Å². The first-order chi connectivity index (χ1) is 16.5. The minimum absolute atomic E-state index is 0.0111. The molecule has 7 heteroatoms. The number of aromatic hydroxyl groups is 1. The van der Waals surface area contributed by atoms with Gasteiger partial charge in [-0.25, -0.2) is 0 Å². The number of fused-ring (bicyclic) bond motifs is 1. The number of hydrogen-bond acceptors (Lipinski definition) is 5. The lowest BCUT2D eigenvalue weighted by molar-refractivity contribution is -0.124. The predicted octanol–water partition coefficient (Wildman–Crippen LogP) is 6.32. The molecule has 0 aromatic heterocycles. The van der Waals surface area contributed by atoms with Crippen LogP contribution in [0.25, 0.3) is 0 Å². The Bertz CT molecular complexity index is 1260. The summed E-state index contributed by atoms with van der Waals surface area (Å²) in [6, 6.07) is 11.1. The maximum atomic E-state index is 13.7. The normalized spacial score (nSPS) is 21.3. The monoisotopic (exact) mass is 538 g/mol. The quantitative estimate of drug-likeness (QED) is 0.466. The highest BCUT2D eigenvalue weighted by atomic mass is 79.9. The fourth-order valence-corrected chi connectivity index (χ4v) is 5.65. The fourth-order valence-electron chi connectivity index (χ4n) is 5.19. The lowest BCUT2D eigenvalue weighted by Gasteiger charge is -2.41. The number of anilines is 1. The fraction of sp³-hybridized carbons (Fsp3) is 0.393. The van der Waals surface area contributed by atoms with E-state index in [-0.39, 0.29) is 22.9 Å². The summed E-state index contributed by atoms with van der Waals surface area (Å²) in [4.78, 5) is 32.1. The molecule has 1 saturated carbocycles. The lowest BCUT2D eigenvalue weighted by atomic mass is 9.63. The molecule has 1 amide bonds. The number of ether oxygens (including phenoxy) is 1. The van der Waals surface area contributed by atoms with Crippen molar-refractivity contribution < 1.29 is 19.4 Å². The standard InChI is InChI=1S/C28H31BrN2O4/c1-6-35-22-12-17(11-18(29)26(22)33)24-23(27(34)31-19-10-8-7-9-15(19)2)16(3)30-20-13-28(4,5)14-21(32)25(20)24/h7-12,24-25,33H,6,13-14H2,1-5H3,(H,31,34)/t24-,25?/m0/s1. The molecule has 0 bridgehead atoms. The summed E-state index contributed by atoms with van der Waals surface area (Å²) in [5, 5.41) is 13.5. The molecule has 0 spiro atoms. The molecule has 1 aliphatic carbocycles. The molecule has 1 aliphatic heterocycles. The van der Waals surface area contributed by atoms with Crippen molar-refractivity contribution in [3.05, 3.63) is 63.3 Å². The minimum atomic E-state index is -0.550. The molecule has 1 fully saturated rings. The number of aliphatic imine (C=N–C) groups is 1. The third-order valence-corrected chi connectivity index (χ3v) is 7.32. The number of halogens is 1. The van der Waals surface area contributed by atoms with Crippen molar-refractivity contribution in [1.82, 2.24) is 0 Å². The number of rotatable bonds is 5. The van der Waals surface area contributed by atoms with Crippen molar-refractivity contribution >= 4 is 39.0 Å². The molecule has 4 rings (SSSR count). The van der Waals surface area contributed by atoms with E-state index in [9.17, 15) is 14.7 Å². The summed E-state index contributed by atoms with van der Waals surface area (Å²) in [5.74, 6) is -1.02. The average molecular weight is 539 g/mol. The number of nitrogens with one attached hydrogen (secondary N) is 1. The molecule has 2 N–H and O–H groups in total. The van der Waals surface area contributed by atoms with Crippen LogP contribution in [0.15, 0.2) is 57.1 Å². The van der Waals surface area contributed by atoms with E-state index in [1.807, 2.05) is 45.0 Å². The number of allylic oxidation sites excluding steroid dienone is 1. The van der Waals surface area contributed by atoms with Crippen LogP contribution < -0.4 is 10.1 Å². The molecular weight excluding hydrogens is 508 g/mol. The molecule has 0 radical (unpaired) electrons. The third-order valence-electron chi connectivity index (χ3n) is 6.71. The van der Waals surface area contributed by atoms with Gasteiger partial charge in [-0.15, -0.1) is 0 Å². The van der Waals surface area contributed by atoms with Crippen molar-refractivity contribution in [3.63, 3.8) is 0 Å². The van der Waals surface area contributed by atoms with Crippen molar-refractivity contribution in [3.8, 4) is 11.5 Å². The zero-order valence-corrected chi connectivity index (χ0v) is 22.3. The number of ketones is 1. The van der Waals surface area contributed by atoms with E-state index < -0.39 is 11.8 Å². The summed E-state index contributed by atoms with van der Waals surface area (Å²) in [6.45, 7) is 10.1. The molecule has 2 aliphatic rings. The van der Waals surface area contributed by atoms with Crippen LogP contribution in [0, 0.1) is 18.3 Å². The van der Waals surface area contributed by atoms with Gasteiger partial charge in [-0.3, -0.25) is 14.6 Å². The smallest absolute Gasteiger partial charge is 0.254 e. The van der Waals surface area contributed by atoms with Crippen molar-refractivity contribution in [2.45, 2.75) is 53.4 Å². The molecule has 6 nitrogen and oxygen atoms in total. The SMILES string of the molecule is CCOc1cc([C@H]2C(C(=O)Nc3ccccc3C)=C(C)N=C3CC(C)(C)CC(=O)C32)cc(Br)c1O. The van der Waals surface area contributed by atoms with E-state index >= 15 is 0 Å². The number of nitrogens with zero attached hydrogens (tertiary/aromatic N) is 1. The number of phenols is 1. The molecule has 2 atom stereocenters. The third kappa shape index (κ3) is 4.92. The Kier molecular flexibility index (Phi) is 6.91. The van der Waals surface area contributed by atoms with Crippen LogP contribution in [0.4, 0.5) is 5.69 Å². The lowest BCUT2D eigenvalue weighted by Crippen LogP contribution is -2.44. The summed E-state index contributed by atoms with van der Waals surface area (Å²) < 4.78 is 6.11. The van der Waals surface area contributed by atoms with Crippen LogP contribution in [-0.2, 0) is 9.59 Å². The number of amides is 1. The zero-order valence-electron chi connectivity index (χ0n) is 20.7. The largest absolute Gasteiger partial charge is 0.503 e. The number of para-hydroxylation sites is 1. The van der Waals surface area contributed by atoms with Gasteiger partial charge in [-0.05, 0) is 77.9 Å². The maximum Gasteiger partial charge on any atom is 0.254 e. The Morgan fingerprint density at radius 2 is 1.91 bits per heavy atom. The summed E-state index contributed by atoms with van der Waals surface area (Å²) in [7, 11) is 0. The molecule has 1 heterocycles. The number of carbonyl (C=O) groups is 2. The van der Waals surface area contributed by atoms with Gasteiger partial charge in [0.2, 0.25) is 0 Å². The van der Waals surface area contributed by atoms with Crippen LogP contribution >= 0.6 is 15.9 Å². The Morgan fingerprint density at radius 1 is 1.20 bits per heavy atom. The molecule has 2 aromatic rings. The predicted molar refractivity (Wildman–Crippen MR) is 141 cm³/mol. The number of phenolic OH excluding ortho intramolecular Hbond substituents is 1. The van der Waals surface area contributed by atoms with Crippen LogP contribution in [0.2, 0.25) is 0 Å². The number of hydrogen-bond donors (Lipinski definition) is 2. The van der Waals surface area contributed by atoms with Crippen LogP contribution in [0.5, 0.6) is 11.5 Å². The van der Waals surface area contributed by atoms with Gasteiger partial charge < -0.3 is 15.2 Å². The van der Waals surface area contributed by atoms with Gasteiger partial charge in [0.25, 0.3) is 5.91 Å². The first-order valence-corrected chi connectivity index (χ1v) is 12.6. The Balaban J connectivity index is 1.88. The van der Waals surface area contributed by atoms with Gasteiger partial charge in [-0.2, -0.15) is 0 Å². The Hall–Kier alpha value is -2.93. The summed E-state index contributed by atoms with van der Waals surface area (Å²) in [5.41, 5.74) is 4.04. The van der Waals surface area contributed by atoms with Gasteiger partial charge in [0.15, 0.2) is 11.5 Å². The molecule has 2 aromatic carbocycles. The van der Waals surface area contributed by atoms with E-state index in [0.29, 0.717) is 46.6 Å².